The van der Waals surface area contributed by atoms with Crippen molar-refractivity contribution in [3.8, 4) is 11.3 Å². The lowest BCUT2D eigenvalue weighted by Gasteiger charge is -2.12. The third kappa shape index (κ3) is 3.34. The Morgan fingerprint density at radius 2 is 1.64 bits per heavy atom. The second-order valence-electron chi connectivity index (χ2n) is 6.47. The van der Waals surface area contributed by atoms with Gasteiger partial charge in [-0.05, 0) is 36.8 Å². The Labute approximate surface area is 160 Å². The van der Waals surface area contributed by atoms with Crippen molar-refractivity contribution in [3.05, 3.63) is 95.6 Å². The van der Waals surface area contributed by atoms with Crippen molar-refractivity contribution in [3.63, 3.8) is 0 Å². The van der Waals surface area contributed by atoms with Crippen LogP contribution in [0.1, 0.15) is 15.9 Å². The molecule has 0 saturated heterocycles. The van der Waals surface area contributed by atoms with E-state index < -0.39 is 17.5 Å². The first-order valence-electron chi connectivity index (χ1n) is 8.75. The molecule has 0 spiro atoms. The number of para-hydroxylation sites is 1. The van der Waals surface area contributed by atoms with Crippen LogP contribution < -0.4 is 5.32 Å². The van der Waals surface area contributed by atoms with E-state index in [2.05, 4.69) is 5.32 Å². The molecule has 0 aliphatic carbocycles. The van der Waals surface area contributed by atoms with Gasteiger partial charge in [-0.25, -0.2) is 13.8 Å². The van der Waals surface area contributed by atoms with Crippen LogP contribution in [0.5, 0.6) is 0 Å². The van der Waals surface area contributed by atoms with Crippen LogP contribution in [0, 0.1) is 18.6 Å². The van der Waals surface area contributed by atoms with E-state index in [0.717, 1.165) is 23.3 Å². The van der Waals surface area contributed by atoms with Crippen LogP contribution in [0.25, 0.3) is 22.2 Å². The predicted octanol–water partition coefficient (Wildman–Crippen LogP) is 5.74. The number of pyridine rings is 1. The number of nitrogens with one attached hydrogen (secondary N) is 1. The molecule has 0 bridgehead atoms. The number of halogens is 2. The molecule has 0 fully saturated rings. The second-order valence-corrected chi connectivity index (χ2v) is 6.47. The summed E-state index contributed by atoms with van der Waals surface area (Å²) in [6.45, 7) is 1.98. The van der Waals surface area contributed by atoms with E-state index in [-0.39, 0.29) is 5.69 Å². The van der Waals surface area contributed by atoms with Crippen LogP contribution >= 0.6 is 0 Å². The van der Waals surface area contributed by atoms with Crippen molar-refractivity contribution in [2.75, 3.05) is 5.32 Å². The molecule has 5 heteroatoms. The summed E-state index contributed by atoms with van der Waals surface area (Å²) in [6.07, 6.45) is 0. The number of carbonyl (C=O) groups excluding carboxylic acids is 1. The van der Waals surface area contributed by atoms with Crippen molar-refractivity contribution in [2.45, 2.75) is 6.92 Å². The zero-order chi connectivity index (χ0) is 19.7. The molecule has 138 valence electrons. The fourth-order valence-corrected chi connectivity index (χ4v) is 3.13. The fraction of sp³-hybridized carbons (Fsp3) is 0.0435. The average Bonchev–Trinajstić information content (AvgIpc) is 2.70. The number of nitrogens with zero attached hydrogens (tertiary/aromatic N) is 1. The maximum atomic E-state index is 13.5. The molecule has 1 N–H and O–H groups in total. The first kappa shape index (κ1) is 17.8. The van der Waals surface area contributed by atoms with Gasteiger partial charge in [-0.3, -0.25) is 4.79 Å². The monoisotopic (exact) mass is 374 g/mol. The highest BCUT2D eigenvalue weighted by Crippen LogP contribution is 2.27. The van der Waals surface area contributed by atoms with Crippen LogP contribution in [-0.4, -0.2) is 10.9 Å². The Hall–Kier alpha value is -3.60. The smallest absolute Gasteiger partial charge is 0.256 e. The third-order valence-electron chi connectivity index (χ3n) is 4.56. The highest BCUT2D eigenvalue weighted by Gasteiger charge is 2.15. The van der Waals surface area contributed by atoms with E-state index >= 15 is 0 Å². The lowest BCUT2D eigenvalue weighted by atomic mass is 10.0. The Bertz CT molecular complexity index is 1200. The Morgan fingerprint density at radius 1 is 0.893 bits per heavy atom. The number of hydrogen-bond donors (Lipinski definition) is 1. The van der Waals surface area contributed by atoms with Gasteiger partial charge in [0.25, 0.3) is 5.91 Å². The largest absolute Gasteiger partial charge is 0.322 e. The number of aromatic nitrogens is 1. The van der Waals surface area contributed by atoms with Crippen LogP contribution in [0.15, 0.2) is 72.8 Å². The normalized spacial score (nSPS) is 10.8. The number of anilines is 1. The lowest BCUT2D eigenvalue weighted by molar-refractivity contribution is 0.102. The highest BCUT2D eigenvalue weighted by molar-refractivity contribution is 6.13. The third-order valence-corrected chi connectivity index (χ3v) is 4.56. The van der Waals surface area contributed by atoms with Gasteiger partial charge in [-0.15, -0.1) is 0 Å². The average molecular weight is 374 g/mol. The first-order chi connectivity index (χ1) is 13.5. The number of fused-ring (bicyclic) bond motifs is 1. The molecular formula is C23H16F2N2O. The number of aryl methyl sites for hydroxylation is 1. The maximum Gasteiger partial charge on any atom is 0.256 e. The zero-order valence-corrected chi connectivity index (χ0v) is 15.0. The number of benzene rings is 3. The van der Waals surface area contributed by atoms with E-state index in [0.29, 0.717) is 22.2 Å². The molecule has 0 atom stereocenters. The Kier molecular flexibility index (Phi) is 4.57. The van der Waals surface area contributed by atoms with Crippen molar-refractivity contribution < 1.29 is 13.6 Å². The zero-order valence-electron chi connectivity index (χ0n) is 15.0. The number of hydrogen-bond acceptors (Lipinski definition) is 2. The standard InChI is InChI=1S/C23H16F2N2O/c1-14-6-2-3-7-16(14)22-13-18(17-8-4-5-9-21(17)27-22)23(28)26-15-10-11-19(24)20(25)12-15/h2-13H,1H3,(H,26,28). The summed E-state index contributed by atoms with van der Waals surface area (Å²) in [5.74, 6) is -2.40. The Morgan fingerprint density at radius 3 is 2.43 bits per heavy atom. The summed E-state index contributed by atoms with van der Waals surface area (Å²) >= 11 is 0. The first-order valence-corrected chi connectivity index (χ1v) is 8.75. The molecule has 3 aromatic carbocycles. The van der Waals surface area contributed by atoms with Gasteiger partial charge in [-0.2, -0.15) is 0 Å². The van der Waals surface area contributed by atoms with E-state index in [1.165, 1.54) is 6.07 Å². The molecule has 0 unspecified atom stereocenters. The van der Waals surface area contributed by atoms with E-state index in [1.54, 1.807) is 6.07 Å². The molecule has 1 heterocycles. The number of carbonyl (C=O) groups is 1. The summed E-state index contributed by atoms with van der Waals surface area (Å²) in [7, 11) is 0. The molecule has 28 heavy (non-hydrogen) atoms. The minimum atomic E-state index is -1.02. The molecule has 1 aromatic heterocycles. The quantitative estimate of drug-likeness (QED) is 0.497. The minimum absolute atomic E-state index is 0.183. The van der Waals surface area contributed by atoms with Gasteiger partial charge in [0.1, 0.15) is 0 Å². The molecular weight excluding hydrogens is 358 g/mol. The summed E-state index contributed by atoms with van der Waals surface area (Å²) in [5, 5.41) is 3.32. The summed E-state index contributed by atoms with van der Waals surface area (Å²) in [6, 6.07) is 20.1. The molecule has 0 aliphatic rings. The SMILES string of the molecule is Cc1ccccc1-c1cc(C(=O)Nc2ccc(F)c(F)c2)c2ccccc2n1. The molecule has 0 aliphatic heterocycles. The summed E-state index contributed by atoms with van der Waals surface area (Å²) < 4.78 is 26.6. The molecule has 4 aromatic rings. The van der Waals surface area contributed by atoms with Crippen LogP contribution in [0.3, 0.4) is 0 Å². The van der Waals surface area contributed by atoms with Gasteiger partial charge in [-0.1, -0.05) is 42.5 Å². The van der Waals surface area contributed by atoms with Crippen molar-refractivity contribution in [2.24, 2.45) is 0 Å². The summed E-state index contributed by atoms with van der Waals surface area (Å²) in [5.41, 5.74) is 3.91. The maximum absolute atomic E-state index is 13.5. The molecule has 1 amide bonds. The summed E-state index contributed by atoms with van der Waals surface area (Å²) in [4.78, 5) is 17.6. The van der Waals surface area contributed by atoms with Gasteiger partial charge in [0.2, 0.25) is 0 Å². The van der Waals surface area contributed by atoms with Gasteiger partial charge in [0, 0.05) is 22.7 Å². The minimum Gasteiger partial charge on any atom is -0.322 e. The molecule has 3 nitrogen and oxygen atoms in total. The van der Waals surface area contributed by atoms with Crippen molar-refractivity contribution in [1.82, 2.24) is 4.98 Å². The van der Waals surface area contributed by atoms with E-state index in [1.807, 2.05) is 55.5 Å². The number of amides is 1. The van der Waals surface area contributed by atoms with E-state index in [9.17, 15) is 13.6 Å². The van der Waals surface area contributed by atoms with Crippen LogP contribution in [0.4, 0.5) is 14.5 Å². The molecule has 0 saturated carbocycles. The lowest BCUT2D eigenvalue weighted by Crippen LogP contribution is -2.13. The molecule has 4 rings (SSSR count). The topological polar surface area (TPSA) is 42.0 Å². The van der Waals surface area contributed by atoms with Crippen LogP contribution in [0.2, 0.25) is 0 Å². The fourth-order valence-electron chi connectivity index (χ4n) is 3.13. The number of rotatable bonds is 3. The van der Waals surface area contributed by atoms with Gasteiger partial charge in [0.05, 0.1) is 16.8 Å². The van der Waals surface area contributed by atoms with Gasteiger partial charge in [0.15, 0.2) is 11.6 Å². The van der Waals surface area contributed by atoms with Crippen LogP contribution in [-0.2, 0) is 0 Å². The predicted molar refractivity (Wildman–Crippen MR) is 106 cm³/mol. The Balaban J connectivity index is 1.82. The van der Waals surface area contributed by atoms with Crippen molar-refractivity contribution in [1.29, 1.82) is 0 Å². The highest BCUT2D eigenvalue weighted by atomic mass is 19.2. The molecule has 0 radical (unpaired) electrons. The second kappa shape index (κ2) is 7.19. The van der Waals surface area contributed by atoms with Gasteiger partial charge < -0.3 is 5.32 Å². The van der Waals surface area contributed by atoms with Gasteiger partial charge >= 0.3 is 0 Å². The van der Waals surface area contributed by atoms with E-state index in [4.69, 9.17) is 4.98 Å². The van der Waals surface area contributed by atoms with Crippen molar-refractivity contribution >= 4 is 22.5 Å².